The molecule has 1 aliphatic heterocycles. The Morgan fingerprint density at radius 2 is 2.00 bits per heavy atom. The minimum absolute atomic E-state index is 0.157. The van der Waals surface area contributed by atoms with Crippen molar-refractivity contribution in [3.63, 3.8) is 0 Å². The Kier molecular flexibility index (Phi) is 4.07. The predicted molar refractivity (Wildman–Crippen MR) is 85.1 cm³/mol. The number of amides is 1. The molecule has 0 unspecified atom stereocenters. The molecule has 4 nitrogen and oxygen atoms in total. The van der Waals surface area contributed by atoms with E-state index < -0.39 is 0 Å². The summed E-state index contributed by atoms with van der Waals surface area (Å²) < 4.78 is 11.3. The van der Waals surface area contributed by atoms with Crippen molar-refractivity contribution in [1.29, 1.82) is 0 Å². The van der Waals surface area contributed by atoms with Crippen LogP contribution in [0, 0.1) is 0 Å². The Labute approximate surface area is 136 Å². The van der Waals surface area contributed by atoms with E-state index in [1.807, 2.05) is 24.3 Å². The standard InChI is InChI=1S/C15H12BrNO3S/c16-12-3-2-10(21)6-11(12)15(18)17-7-9-1-4-13-14(5-9)20-8-19-13/h1-6,21H,7-8H2,(H,17,18). The molecule has 0 spiro atoms. The summed E-state index contributed by atoms with van der Waals surface area (Å²) in [6.45, 7) is 0.658. The molecule has 2 aromatic rings. The Balaban J connectivity index is 1.70. The minimum Gasteiger partial charge on any atom is -0.454 e. The highest BCUT2D eigenvalue weighted by molar-refractivity contribution is 9.10. The van der Waals surface area contributed by atoms with E-state index in [-0.39, 0.29) is 12.7 Å². The largest absolute Gasteiger partial charge is 0.454 e. The van der Waals surface area contributed by atoms with Crippen LogP contribution in [0.2, 0.25) is 0 Å². The van der Waals surface area contributed by atoms with Crippen molar-refractivity contribution in [1.82, 2.24) is 5.32 Å². The van der Waals surface area contributed by atoms with E-state index in [0.717, 1.165) is 20.7 Å². The Bertz CT molecular complexity index is 705. The maximum absolute atomic E-state index is 12.2. The summed E-state index contributed by atoms with van der Waals surface area (Å²) >= 11 is 7.61. The summed E-state index contributed by atoms with van der Waals surface area (Å²) in [6.07, 6.45) is 0. The summed E-state index contributed by atoms with van der Waals surface area (Å²) in [5.41, 5.74) is 1.51. The van der Waals surface area contributed by atoms with Gasteiger partial charge in [0.05, 0.1) is 5.56 Å². The first kappa shape index (κ1) is 14.3. The number of ether oxygens (including phenoxy) is 2. The molecule has 108 valence electrons. The SMILES string of the molecule is O=C(NCc1ccc2c(c1)OCO2)c1cc(S)ccc1Br. The zero-order valence-electron chi connectivity index (χ0n) is 10.9. The van der Waals surface area contributed by atoms with E-state index in [2.05, 4.69) is 33.9 Å². The van der Waals surface area contributed by atoms with Crippen LogP contribution in [0.1, 0.15) is 15.9 Å². The molecule has 0 radical (unpaired) electrons. The average Bonchev–Trinajstić information content (AvgIpc) is 2.94. The number of thiol groups is 1. The Hall–Kier alpha value is -1.66. The molecule has 0 saturated carbocycles. The van der Waals surface area contributed by atoms with Crippen molar-refractivity contribution in [2.75, 3.05) is 6.79 Å². The van der Waals surface area contributed by atoms with Gasteiger partial charge in [-0.25, -0.2) is 0 Å². The monoisotopic (exact) mass is 365 g/mol. The van der Waals surface area contributed by atoms with Gasteiger partial charge in [0.15, 0.2) is 11.5 Å². The lowest BCUT2D eigenvalue weighted by atomic mass is 10.2. The maximum Gasteiger partial charge on any atom is 0.252 e. The highest BCUT2D eigenvalue weighted by atomic mass is 79.9. The molecule has 1 aliphatic rings. The van der Waals surface area contributed by atoms with Gasteiger partial charge < -0.3 is 14.8 Å². The molecule has 1 N–H and O–H groups in total. The molecular weight excluding hydrogens is 354 g/mol. The fourth-order valence-electron chi connectivity index (χ4n) is 2.02. The molecule has 0 saturated heterocycles. The van der Waals surface area contributed by atoms with E-state index in [1.54, 1.807) is 12.1 Å². The molecule has 3 rings (SSSR count). The van der Waals surface area contributed by atoms with Crippen molar-refractivity contribution >= 4 is 34.5 Å². The van der Waals surface area contributed by atoms with Gasteiger partial charge in [0, 0.05) is 15.9 Å². The highest BCUT2D eigenvalue weighted by Gasteiger charge is 2.14. The van der Waals surface area contributed by atoms with Crippen molar-refractivity contribution in [3.8, 4) is 11.5 Å². The zero-order chi connectivity index (χ0) is 14.8. The third-order valence-electron chi connectivity index (χ3n) is 3.08. The molecule has 1 heterocycles. The molecule has 0 aromatic heterocycles. The number of hydrogen-bond acceptors (Lipinski definition) is 4. The second-order valence-electron chi connectivity index (χ2n) is 4.53. The van der Waals surface area contributed by atoms with Gasteiger partial charge in [0.25, 0.3) is 5.91 Å². The van der Waals surface area contributed by atoms with Gasteiger partial charge >= 0.3 is 0 Å². The smallest absolute Gasteiger partial charge is 0.252 e. The lowest BCUT2D eigenvalue weighted by Crippen LogP contribution is -2.23. The number of hydrogen-bond donors (Lipinski definition) is 2. The van der Waals surface area contributed by atoms with Crippen molar-refractivity contribution < 1.29 is 14.3 Å². The third-order valence-corrected chi connectivity index (χ3v) is 4.05. The fraction of sp³-hybridized carbons (Fsp3) is 0.133. The highest BCUT2D eigenvalue weighted by Crippen LogP contribution is 2.32. The summed E-state index contributed by atoms with van der Waals surface area (Å²) in [7, 11) is 0. The van der Waals surface area contributed by atoms with Crippen LogP contribution in [0.15, 0.2) is 45.8 Å². The fourth-order valence-corrected chi connectivity index (χ4v) is 2.65. The van der Waals surface area contributed by atoms with Gasteiger partial charge in [-0.05, 0) is 51.8 Å². The van der Waals surface area contributed by atoms with Gasteiger partial charge in [-0.1, -0.05) is 6.07 Å². The van der Waals surface area contributed by atoms with E-state index in [4.69, 9.17) is 9.47 Å². The molecule has 0 bridgehead atoms. The van der Waals surface area contributed by atoms with E-state index in [0.29, 0.717) is 17.9 Å². The first-order valence-electron chi connectivity index (χ1n) is 6.29. The molecule has 21 heavy (non-hydrogen) atoms. The molecule has 0 atom stereocenters. The van der Waals surface area contributed by atoms with Gasteiger partial charge in [-0.3, -0.25) is 4.79 Å². The van der Waals surface area contributed by atoms with Gasteiger partial charge in [-0.15, -0.1) is 12.6 Å². The minimum atomic E-state index is -0.157. The number of nitrogens with one attached hydrogen (secondary N) is 1. The Morgan fingerprint density at radius 3 is 2.86 bits per heavy atom. The lowest BCUT2D eigenvalue weighted by molar-refractivity contribution is 0.0950. The van der Waals surface area contributed by atoms with Crippen LogP contribution in [-0.4, -0.2) is 12.7 Å². The van der Waals surface area contributed by atoms with Crippen LogP contribution >= 0.6 is 28.6 Å². The van der Waals surface area contributed by atoms with Crippen LogP contribution in [0.25, 0.3) is 0 Å². The second kappa shape index (κ2) is 5.99. The lowest BCUT2D eigenvalue weighted by Gasteiger charge is -2.08. The van der Waals surface area contributed by atoms with Gasteiger partial charge in [-0.2, -0.15) is 0 Å². The third kappa shape index (κ3) is 3.16. The van der Waals surface area contributed by atoms with E-state index >= 15 is 0 Å². The first-order valence-corrected chi connectivity index (χ1v) is 7.53. The van der Waals surface area contributed by atoms with Crippen molar-refractivity contribution in [2.45, 2.75) is 11.4 Å². The van der Waals surface area contributed by atoms with E-state index in [9.17, 15) is 4.79 Å². The molecular formula is C15H12BrNO3S. The molecule has 0 fully saturated rings. The normalized spacial score (nSPS) is 12.3. The number of halogens is 1. The zero-order valence-corrected chi connectivity index (χ0v) is 13.4. The molecule has 0 aliphatic carbocycles. The van der Waals surface area contributed by atoms with Crippen molar-refractivity contribution in [3.05, 3.63) is 52.0 Å². The second-order valence-corrected chi connectivity index (χ2v) is 5.91. The van der Waals surface area contributed by atoms with Crippen LogP contribution in [-0.2, 0) is 6.54 Å². The van der Waals surface area contributed by atoms with Crippen LogP contribution in [0.4, 0.5) is 0 Å². The number of carbonyl (C=O) groups is 1. The predicted octanol–water partition coefficient (Wildman–Crippen LogP) is 3.40. The number of fused-ring (bicyclic) bond motifs is 1. The topological polar surface area (TPSA) is 47.6 Å². The van der Waals surface area contributed by atoms with Crippen LogP contribution in [0.5, 0.6) is 11.5 Å². The van der Waals surface area contributed by atoms with Crippen LogP contribution < -0.4 is 14.8 Å². The van der Waals surface area contributed by atoms with Crippen LogP contribution in [0.3, 0.4) is 0 Å². The maximum atomic E-state index is 12.2. The number of carbonyl (C=O) groups excluding carboxylic acids is 1. The van der Waals surface area contributed by atoms with E-state index in [1.165, 1.54) is 0 Å². The average molecular weight is 366 g/mol. The molecule has 6 heteroatoms. The van der Waals surface area contributed by atoms with Crippen molar-refractivity contribution in [2.24, 2.45) is 0 Å². The summed E-state index contributed by atoms with van der Waals surface area (Å²) in [5.74, 6) is 1.28. The van der Waals surface area contributed by atoms with Gasteiger partial charge in [0.1, 0.15) is 0 Å². The Morgan fingerprint density at radius 1 is 1.19 bits per heavy atom. The summed E-state index contributed by atoms with van der Waals surface area (Å²) in [4.78, 5) is 12.9. The number of rotatable bonds is 3. The molecule has 2 aromatic carbocycles. The quantitative estimate of drug-likeness (QED) is 0.819. The molecule has 1 amide bonds. The first-order chi connectivity index (χ1) is 10.1. The summed E-state index contributed by atoms with van der Waals surface area (Å²) in [5, 5.41) is 2.88. The summed E-state index contributed by atoms with van der Waals surface area (Å²) in [6, 6.07) is 11.0. The number of benzene rings is 2. The van der Waals surface area contributed by atoms with Gasteiger partial charge in [0.2, 0.25) is 6.79 Å².